The van der Waals surface area contributed by atoms with Crippen LogP contribution in [0.2, 0.25) is 0 Å². The molecule has 0 spiro atoms. The van der Waals surface area contributed by atoms with Gasteiger partial charge in [-0.05, 0) is 92.8 Å². The number of oxazole rings is 1. The highest BCUT2D eigenvalue weighted by Gasteiger charge is 2.17. The Morgan fingerprint density at radius 3 is 1.77 bits per heavy atom. The van der Waals surface area contributed by atoms with E-state index in [9.17, 15) is 0 Å². The van der Waals surface area contributed by atoms with Gasteiger partial charge in [-0.1, -0.05) is 127 Å². The van der Waals surface area contributed by atoms with Crippen LogP contribution in [0.4, 0.5) is 17.1 Å². The summed E-state index contributed by atoms with van der Waals surface area (Å²) in [6.07, 6.45) is 0. The van der Waals surface area contributed by atoms with Gasteiger partial charge in [0.05, 0.1) is 0 Å². The summed E-state index contributed by atoms with van der Waals surface area (Å²) in [5.74, 6) is 0.626. The van der Waals surface area contributed by atoms with Crippen molar-refractivity contribution in [3.63, 3.8) is 0 Å². The number of anilines is 3. The summed E-state index contributed by atoms with van der Waals surface area (Å²) in [7, 11) is 0. The minimum absolute atomic E-state index is 0.626. The molecule has 0 fully saturated rings. The molecule has 0 bridgehead atoms. The Hall–Kier alpha value is -6.45. The number of fused-ring (bicyclic) bond motifs is 3. The highest BCUT2D eigenvalue weighted by atomic mass is 16.3. The van der Waals surface area contributed by atoms with Crippen LogP contribution in [0.3, 0.4) is 0 Å². The van der Waals surface area contributed by atoms with Gasteiger partial charge in [0.1, 0.15) is 5.52 Å². The molecule has 48 heavy (non-hydrogen) atoms. The molecular weight excluding hydrogens is 585 g/mol. The molecule has 1 heterocycles. The smallest absolute Gasteiger partial charge is 0.227 e. The number of aromatic nitrogens is 1. The predicted octanol–water partition coefficient (Wildman–Crippen LogP) is 12.6. The summed E-state index contributed by atoms with van der Waals surface area (Å²) in [6, 6.07) is 64.1. The molecule has 0 atom stereocenters. The minimum atomic E-state index is 0.626. The van der Waals surface area contributed by atoms with Gasteiger partial charge < -0.3 is 9.32 Å². The molecule has 226 valence electrons. The maximum absolute atomic E-state index is 6.48. The second kappa shape index (κ2) is 11.7. The van der Waals surface area contributed by atoms with E-state index < -0.39 is 0 Å². The lowest BCUT2D eigenvalue weighted by atomic mass is 10.0. The molecule has 3 heteroatoms. The van der Waals surface area contributed by atoms with Gasteiger partial charge in [0, 0.05) is 28.2 Å². The average Bonchev–Trinajstić information content (AvgIpc) is 3.61. The van der Waals surface area contributed by atoms with Gasteiger partial charge >= 0.3 is 0 Å². The number of nitrogens with zero attached hydrogens (tertiary/aromatic N) is 2. The van der Waals surface area contributed by atoms with Crippen molar-refractivity contribution >= 4 is 49.7 Å². The molecule has 0 N–H and O–H groups in total. The summed E-state index contributed by atoms with van der Waals surface area (Å²) in [6.45, 7) is 0. The molecule has 0 radical (unpaired) electrons. The first-order valence-electron chi connectivity index (χ1n) is 16.2. The molecule has 3 nitrogen and oxygen atoms in total. The second-order valence-corrected chi connectivity index (χ2v) is 12.1. The molecule has 0 amide bonds. The first-order valence-corrected chi connectivity index (χ1v) is 16.2. The summed E-state index contributed by atoms with van der Waals surface area (Å²) < 4.78 is 6.48. The molecule has 0 saturated heterocycles. The Morgan fingerprint density at radius 1 is 0.375 bits per heavy atom. The summed E-state index contributed by atoms with van der Waals surface area (Å²) >= 11 is 0. The SMILES string of the molecule is c1ccc(-c2cccc(N(c3ccc(-c4cccc5nc(-c6ccc7ccccc7c6)oc45)cc3)c3ccc4ccccc4c3)c2)cc1. The Balaban J connectivity index is 1.12. The van der Waals surface area contributed by atoms with Crippen LogP contribution in [-0.4, -0.2) is 4.98 Å². The van der Waals surface area contributed by atoms with Crippen LogP contribution >= 0.6 is 0 Å². The van der Waals surface area contributed by atoms with Crippen molar-refractivity contribution < 1.29 is 4.42 Å². The van der Waals surface area contributed by atoms with E-state index >= 15 is 0 Å². The third kappa shape index (κ3) is 5.08. The Labute approximate surface area is 279 Å². The predicted molar refractivity (Wildman–Crippen MR) is 200 cm³/mol. The number of benzene rings is 8. The molecule has 8 aromatic carbocycles. The van der Waals surface area contributed by atoms with E-state index in [2.05, 4.69) is 181 Å². The van der Waals surface area contributed by atoms with Crippen molar-refractivity contribution in [3.05, 3.63) is 182 Å². The lowest BCUT2D eigenvalue weighted by Gasteiger charge is -2.26. The van der Waals surface area contributed by atoms with Crippen LogP contribution in [0, 0.1) is 0 Å². The van der Waals surface area contributed by atoms with Crippen LogP contribution in [0.1, 0.15) is 0 Å². The van der Waals surface area contributed by atoms with E-state index in [1.165, 1.54) is 32.7 Å². The van der Waals surface area contributed by atoms with Gasteiger partial charge in [0.15, 0.2) is 5.58 Å². The van der Waals surface area contributed by atoms with Gasteiger partial charge in [0.25, 0.3) is 0 Å². The summed E-state index contributed by atoms with van der Waals surface area (Å²) in [5.41, 5.74) is 10.3. The molecule has 0 unspecified atom stereocenters. The van der Waals surface area contributed by atoms with Crippen molar-refractivity contribution in [3.8, 4) is 33.7 Å². The molecule has 9 rings (SSSR count). The molecular formula is C45H30N2O. The maximum atomic E-state index is 6.48. The van der Waals surface area contributed by atoms with Crippen molar-refractivity contribution in [2.45, 2.75) is 0 Å². The molecule has 1 aromatic heterocycles. The zero-order chi connectivity index (χ0) is 31.9. The lowest BCUT2D eigenvalue weighted by Crippen LogP contribution is -2.10. The Kier molecular flexibility index (Phi) is 6.80. The molecule has 0 aliphatic rings. The molecule has 0 aliphatic carbocycles. The monoisotopic (exact) mass is 614 g/mol. The van der Waals surface area contributed by atoms with Gasteiger partial charge in [-0.25, -0.2) is 4.98 Å². The minimum Gasteiger partial charge on any atom is -0.435 e. The zero-order valence-electron chi connectivity index (χ0n) is 26.1. The van der Waals surface area contributed by atoms with E-state index in [1.807, 2.05) is 6.07 Å². The van der Waals surface area contributed by atoms with Crippen LogP contribution in [0.25, 0.3) is 66.4 Å². The van der Waals surface area contributed by atoms with Gasteiger partial charge in [-0.3, -0.25) is 0 Å². The van der Waals surface area contributed by atoms with Gasteiger partial charge in [0.2, 0.25) is 5.89 Å². The van der Waals surface area contributed by atoms with E-state index in [4.69, 9.17) is 9.40 Å². The van der Waals surface area contributed by atoms with Gasteiger partial charge in [-0.2, -0.15) is 0 Å². The van der Waals surface area contributed by atoms with Crippen molar-refractivity contribution in [1.82, 2.24) is 4.98 Å². The number of rotatable bonds is 6. The fourth-order valence-corrected chi connectivity index (χ4v) is 6.63. The van der Waals surface area contributed by atoms with Crippen LogP contribution in [0.15, 0.2) is 186 Å². The fraction of sp³-hybridized carbons (Fsp3) is 0. The first kappa shape index (κ1) is 27.8. The van der Waals surface area contributed by atoms with E-state index in [-0.39, 0.29) is 0 Å². The molecule has 0 aliphatic heterocycles. The van der Waals surface area contributed by atoms with Crippen molar-refractivity contribution in [1.29, 1.82) is 0 Å². The number of hydrogen-bond donors (Lipinski definition) is 0. The maximum Gasteiger partial charge on any atom is 0.227 e. The normalized spacial score (nSPS) is 11.3. The summed E-state index contributed by atoms with van der Waals surface area (Å²) in [4.78, 5) is 7.21. The first-order chi connectivity index (χ1) is 23.8. The lowest BCUT2D eigenvalue weighted by molar-refractivity contribution is 0.621. The molecule has 9 aromatic rings. The van der Waals surface area contributed by atoms with Crippen LogP contribution in [-0.2, 0) is 0 Å². The highest BCUT2D eigenvalue weighted by molar-refractivity contribution is 5.94. The third-order valence-corrected chi connectivity index (χ3v) is 9.05. The Morgan fingerprint density at radius 2 is 0.979 bits per heavy atom. The second-order valence-electron chi connectivity index (χ2n) is 12.1. The summed E-state index contributed by atoms with van der Waals surface area (Å²) in [5, 5.41) is 4.79. The van der Waals surface area contributed by atoms with E-state index in [0.29, 0.717) is 5.89 Å². The van der Waals surface area contributed by atoms with Crippen molar-refractivity contribution in [2.75, 3.05) is 4.90 Å². The third-order valence-electron chi connectivity index (χ3n) is 9.05. The van der Waals surface area contributed by atoms with Crippen molar-refractivity contribution in [2.24, 2.45) is 0 Å². The van der Waals surface area contributed by atoms with E-state index in [1.54, 1.807) is 0 Å². The van der Waals surface area contributed by atoms with Crippen LogP contribution in [0.5, 0.6) is 0 Å². The van der Waals surface area contributed by atoms with Crippen LogP contribution < -0.4 is 4.90 Å². The quantitative estimate of drug-likeness (QED) is 0.187. The molecule has 0 saturated carbocycles. The number of hydrogen-bond acceptors (Lipinski definition) is 3. The topological polar surface area (TPSA) is 29.3 Å². The fourth-order valence-electron chi connectivity index (χ4n) is 6.63. The standard InChI is InChI=1S/C45H30N2O/c1-2-10-31(11-3-1)37-16-8-17-40(29-37)47(41-27-22-33-13-5-7-15-36(33)30-41)39-25-23-34(24-26-39)42-18-9-19-43-44(42)48-45(46-43)38-21-20-32-12-4-6-14-35(32)28-38/h1-30H. The largest absolute Gasteiger partial charge is 0.435 e. The highest BCUT2D eigenvalue weighted by Crippen LogP contribution is 2.40. The number of para-hydroxylation sites is 1. The van der Waals surface area contributed by atoms with Gasteiger partial charge in [-0.15, -0.1) is 0 Å². The Bertz CT molecular complexity index is 2570. The average molecular weight is 615 g/mol. The van der Waals surface area contributed by atoms with E-state index in [0.717, 1.165) is 44.9 Å². The zero-order valence-corrected chi connectivity index (χ0v) is 26.1.